The maximum atomic E-state index is 11.9. The molecule has 1 aromatic rings. The third-order valence-corrected chi connectivity index (χ3v) is 3.50. The van der Waals surface area contributed by atoms with E-state index in [9.17, 15) is 4.79 Å². The first kappa shape index (κ1) is 13.1. The highest BCUT2D eigenvalue weighted by atomic mass is 16.5. The molecule has 1 aromatic carbocycles. The normalized spacial score (nSPS) is 18.2. The summed E-state index contributed by atoms with van der Waals surface area (Å²) in [4.78, 5) is 11.9. The zero-order valence-corrected chi connectivity index (χ0v) is 10.6. The second-order valence-corrected chi connectivity index (χ2v) is 4.71. The Morgan fingerprint density at radius 2 is 2.06 bits per heavy atom. The van der Waals surface area contributed by atoms with Crippen LogP contribution in [0.1, 0.15) is 36.9 Å². The van der Waals surface area contributed by atoms with Gasteiger partial charge in [-0.3, -0.25) is 4.79 Å². The number of aliphatic hydroxyl groups is 1. The van der Waals surface area contributed by atoms with E-state index in [0.29, 0.717) is 6.61 Å². The summed E-state index contributed by atoms with van der Waals surface area (Å²) in [6, 6.07) is 7.20. The molecule has 0 amide bonds. The number of rotatable bonds is 5. The van der Waals surface area contributed by atoms with Gasteiger partial charge in [0.05, 0.1) is 24.7 Å². The average Bonchev–Trinajstić information content (AvgIpc) is 3.20. The molecule has 1 fully saturated rings. The molecule has 3 N–H and O–H groups in total. The van der Waals surface area contributed by atoms with Crippen LogP contribution in [-0.4, -0.2) is 24.3 Å². The van der Waals surface area contributed by atoms with E-state index in [1.165, 1.54) is 0 Å². The predicted octanol–water partition coefficient (Wildman–Crippen LogP) is 1.27. The molecule has 98 valence electrons. The molecule has 4 heteroatoms. The van der Waals surface area contributed by atoms with Crippen molar-refractivity contribution in [2.45, 2.75) is 31.2 Å². The van der Waals surface area contributed by atoms with Crippen molar-refractivity contribution in [3.8, 4) is 0 Å². The Balaban J connectivity index is 2.17. The smallest absolute Gasteiger partial charge is 0.316 e. The predicted molar refractivity (Wildman–Crippen MR) is 68.0 cm³/mol. The number of esters is 1. The maximum absolute atomic E-state index is 11.9. The van der Waals surface area contributed by atoms with E-state index in [2.05, 4.69) is 0 Å². The van der Waals surface area contributed by atoms with Gasteiger partial charge in [-0.2, -0.15) is 0 Å². The van der Waals surface area contributed by atoms with Gasteiger partial charge in [0.15, 0.2) is 0 Å². The minimum atomic E-state index is -0.433. The summed E-state index contributed by atoms with van der Waals surface area (Å²) < 4.78 is 5.12. The van der Waals surface area contributed by atoms with E-state index in [-0.39, 0.29) is 18.6 Å². The number of carbonyl (C=O) groups excluding carboxylic acids is 1. The van der Waals surface area contributed by atoms with Gasteiger partial charge in [-0.25, -0.2) is 0 Å². The molecule has 2 rings (SSSR count). The quantitative estimate of drug-likeness (QED) is 0.771. The van der Waals surface area contributed by atoms with Crippen LogP contribution in [0.4, 0.5) is 0 Å². The van der Waals surface area contributed by atoms with Crippen molar-refractivity contribution in [2.75, 3.05) is 13.2 Å². The molecule has 0 heterocycles. The van der Waals surface area contributed by atoms with E-state index in [4.69, 9.17) is 15.6 Å². The topological polar surface area (TPSA) is 72.5 Å². The molecular weight excluding hydrogens is 230 g/mol. The summed E-state index contributed by atoms with van der Waals surface area (Å²) in [5.74, 6) is -0.135. The molecule has 1 saturated carbocycles. The molecule has 0 spiro atoms. The third kappa shape index (κ3) is 2.26. The Hall–Kier alpha value is -1.39. The van der Waals surface area contributed by atoms with E-state index in [1.807, 2.05) is 31.2 Å². The summed E-state index contributed by atoms with van der Waals surface area (Å²) in [6.45, 7) is 2.15. The van der Waals surface area contributed by atoms with Crippen LogP contribution >= 0.6 is 0 Å². The van der Waals surface area contributed by atoms with E-state index < -0.39 is 5.41 Å². The summed E-state index contributed by atoms with van der Waals surface area (Å²) in [6.07, 6.45) is 1.69. The van der Waals surface area contributed by atoms with Crippen LogP contribution in [0.25, 0.3) is 0 Å². The molecule has 1 unspecified atom stereocenters. The molecule has 1 aliphatic carbocycles. The molecule has 1 atom stereocenters. The minimum absolute atomic E-state index is 0.0810. The minimum Gasteiger partial charge on any atom is -0.465 e. The van der Waals surface area contributed by atoms with Crippen LogP contribution in [0, 0.1) is 0 Å². The van der Waals surface area contributed by atoms with Gasteiger partial charge in [0.2, 0.25) is 0 Å². The number of hydrogen-bond acceptors (Lipinski definition) is 4. The summed E-state index contributed by atoms with van der Waals surface area (Å²) in [5, 5.41) is 8.99. The second-order valence-electron chi connectivity index (χ2n) is 4.71. The highest BCUT2D eigenvalue weighted by Gasteiger charge is 2.52. The largest absolute Gasteiger partial charge is 0.465 e. The van der Waals surface area contributed by atoms with Gasteiger partial charge in [0, 0.05) is 0 Å². The first-order valence-corrected chi connectivity index (χ1v) is 6.28. The molecule has 0 aliphatic heterocycles. The van der Waals surface area contributed by atoms with Crippen LogP contribution in [0.3, 0.4) is 0 Å². The van der Waals surface area contributed by atoms with Gasteiger partial charge < -0.3 is 15.6 Å². The number of carbonyl (C=O) groups is 1. The van der Waals surface area contributed by atoms with Crippen LogP contribution in [0.5, 0.6) is 0 Å². The Bertz CT molecular complexity index is 423. The monoisotopic (exact) mass is 249 g/mol. The van der Waals surface area contributed by atoms with Crippen LogP contribution in [-0.2, 0) is 14.9 Å². The van der Waals surface area contributed by atoms with Crippen LogP contribution in [0.15, 0.2) is 24.3 Å². The van der Waals surface area contributed by atoms with Crippen molar-refractivity contribution >= 4 is 5.97 Å². The molecule has 4 nitrogen and oxygen atoms in total. The number of hydrogen-bond donors (Lipinski definition) is 2. The SMILES string of the molecule is CCOC(=O)C1(c2ccc(C(N)CO)cc2)CC1. The number of ether oxygens (including phenoxy) is 1. The van der Waals surface area contributed by atoms with Crippen molar-refractivity contribution in [3.05, 3.63) is 35.4 Å². The molecule has 0 aromatic heterocycles. The van der Waals surface area contributed by atoms with Gasteiger partial charge in [-0.05, 0) is 30.9 Å². The van der Waals surface area contributed by atoms with E-state index in [0.717, 1.165) is 24.0 Å². The van der Waals surface area contributed by atoms with Crippen molar-refractivity contribution in [1.29, 1.82) is 0 Å². The zero-order chi connectivity index (χ0) is 13.2. The van der Waals surface area contributed by atoms with Gasteiger partial charge in [-0.15, -0.1) is 0 Å². The summed E-state index contributed by atoms with van der Waals surface area (Å²) in [5.41, 5.74) is 7.16. The van der Waals surface area contributed by atoms with Gasteiger partial charge in [0.25, 0.3) is 0 Å². The number of benzene rings is 1. The summed E-state index contributed by atoms with van der Waals surface area (Å²) >= 11 is 0. The Morgan fingerprint density at radius 1 is 1.44 bits per heavy atom. The third-order valence-electron chi connectivity index (χ3n) is 3.50. The first-order valence-electron chi connectivity index (χ1n) is 6.28. The van der Waals surface area contributed by atoms with Crippen LogP contribution in [0.2, 0.25) is 0 Å². The van der Waals surface area contributed by atoms with E-state index in [1.54, 1.807) is 0 Å². The Kier molecular flexibility index (Phi) is 3.68. The van der Waals surface area contributed by atoms with Crippen molar-refractivity contribution in [2.24, 2.45) is 5.73 Å². The van der Waals surface area contributed by atoms with Gasteiger partial charge >= 0.3 is 5.97 Å². The standard InChI is InChI=1S/C14H19NO3/c1-2-18-13(17)14(7-8-14)11-5-3-10(4-6-11)12(15)9-16/h3-6,12,16H,2,7-9,15H2,1H3. The lowest BCUT2D eigenvalue weighted by atomic mass is 9.94. The maximum Gasteiger partial charge on any atom is 0.316 e. The highest BCUT2D eigenvalue weighted by molar-refractivity contribution is 5.86. The zero-order valence-electron chi connectivity index (χ0n) is 10.6. The molecule has 0 saturated heterocycles. The lowest BCUT2D eigenvalue weighted by Gasteiger charge is -2.15. The lowest BCUT2D eigenvalue weighted by molar-refractivity contribution is -0.146. The molecular formula is C14H19NO3. The number of nitrogens with two attached hydrogens (primary N) is 1. The fourth-order valence-corrected chi connectivity index (χ4v) is 2.16. The van der Waals surface area contributed by atoms with Crippen molar-refractivity contribution in [1.82, 2.24) is 0 Å². The molecule has 0 radical (unpaired) electrons. The fourth-order valence-electron chi connectivity index (χ4n) is 2.16. The van der Waals surface area contributed by atoms with E-state index >= 15 is 0 Å². The van der Waals surface area contributed by atoms with Crippen LogP contribution < -0.4 is 5.73 Å². The van der Waals surface area contributed by atoms with Crippen molar-refractivity contribution < 1.29 is 14.6 Å². The molecule has 18 heavy (non-hydrogen) atoms. The van der Waals surface area contributed by atoms with Gasteiger partial charge in [-0.1, -0.05) is 24.3 Å². The van der Waals surface area contributed by atoms with Gasteiger partial charge in [0.1, 0.15) is 0 Å². The van der Waals surface area contributed by atoms with Crippen molar-refractivity contribution in [3.63, 3.8) is 0 Å². The number of aliphatic hydroxyl groups excluding tert-OH is 1. The Morgan fingerprint density at radius 3 is 2.50 bits per heavy atom. The Labute approximate surface area is 107 Å². The second kappa shape index (κ2) is 5.08. The summed E-state index contributed by atoms with van der Waals surface area (Å²) in [7, 11) is 0. The lowest BCUT2D eigenvalue weighted by Crippen LogP contribution is -2.23. The fraction of sp³-hybridized carbons (Fsp3) is 0.500. The molecule has 1 aliphatic rings. The molecule has 0 bridgehead atoms. The average molecular weight is 249 g/mol. The highest BCUT2D eigenvalue weighted by Crippen LogP contribution is 2.49. The first-order chi connectivity index (χ1) is 8.64.